The van der Waals surface area contributed by atoms with Crippen LogP contribution in [-0.4, -0.2) is 5.78 Å². The van der Waals surface area contributed by atoms with E-state index in [0.717, 1.165) is 33.1 Å². The fourth-order valence-corrected chi connectivity index (χ4v) is 2.78. The molecule has 0 saturated heterocycles. The first kappa shape index (κ1) is 16.0. The number of hydrogen-bond acceptors (Lipinski definition) is 1. The molecule has 2 heteroatoms. The van der Waals surface area contributed by atoms with Crippen molar-refractivity contribution in [1.29, 1.82) is 0 Å². The molecule has 0 amide bonds. The van der Waals surface area contributed by atoms with E-state index in [2.05, 4.69) is 35.8 Å². The molecule has 0 spiro atoms. The molecule has 1 nitrogen and oxygen atoms in total. The van der Waals surface area contributed by atoms with Gasteiger partial charge in [-0.1, -0.05) is 48.0 Å². The zero-order valence-electron chi connectivity index (χ0n) is 13.0. The highest BCUT2D eigenvalue weighted by Gasteiger charge is 2.12. The minimum absolute atomic E-state index is 0.0966. The number of halogens is 1. The zero-order valence-corrected chi connectivity index (χ0v) is 14.6. The highest BCUT2D eigenvalue weighted by Crippen LogP contribution is 2.24. The number of benzene rings is 2. The van der Waals surface area contributed by atoms with Crippen molar-refractivity contribution in [3.8, 4) is 0 Å². The molecule has 0 unspecified atom stereocenters. The van der Waals surface area contributed by atoms with Gasteiger partial charge in [-0.05, 0) is 61.1 Å². The Labute approximate surface area is 135 Å². The molecule has 2 aromatic carbocycles. The molecule has 0 aliphatic heterocycles. The van der Waals surface area contributed by atoms with Gasteiger partial charge < -0.3 is 0 Å². The number of rotatable bonds is 4. The molecule has 0 aromatic heterocycles. The summed E-state index contributed by atoms with van der Waals surface area (Å²) in [6.45, 7) is 8.41. The van der Waals surface area contributed by atoms with Crippen molar-refractivity contribution in [1.82, 2.24) is 0 Å². The predicted molar refractivity (Wildman–Crippen MR) is 92.0 cm³/mol. The van der Waals surface area contributed by atoms with E-state index in [1.165, 1.54) is 5.56 Å². The molecular weight excluding hydrogens is 324 g/mol. The molecule has 110 valence electrons. The van der Waals surface area contributed by atoms with Gasteiger partial charge in [0.1, 0.15) is 0 Å². The molecule has 0 bridgehead atoms. The van der Waals surface area contributed by atoms with E-state index in [-0.39, 0.29) is 5.78 Å². The number of hydrogen-bond donors (Lipinski definition) is 0. The molecular formula is C19H21BrO. The van der Waals surface area contributed by atoms with Crippen molar-refractivity contribution in [2.75, 3.05) is 0 Å². The molecule has 0 fully saturated rings. The van der Waals surface area contributed by atoms with Crippen molar-refractivity contribution in [2.45, 2.75) is 34.1 Å². The summed E-state index contributed by atoms with van der Waals surface area (Å²) in [5.41, 5.74) is 4.94. The van der Waals surface area contributed by atoms with E-state index in [1.54, 1.807) is 0 Å². The minimum atomic E-state index is 0.0966. The Kier molecular flexibility index (Phi) is 5.00. The number of aryl methyl sites for hydroxylation is 2. The van der Waals surface area contributed by atoms with Gasteiger partial charge >= 0.3 is 0 Å². The molecule has 0 heterocycles. The molecule has 0 radical (unpaired) electrons. The summed E-state index contributed by atoms with van der Waals surface area (Å²) < 4.78 is 1.08. The molecule has 2 aromatic rings. The van der Waals surface area contributed by atoms with Gasteiger partial charge in [-0.3, -0.25) is 4.79 Å². The van der Waals surface area contributed by atoms with Crippen molar-refractivity contribution < 1.29 is 4.79 Å². The van der Waals surface area contributed by atoms with Crippen molar-refractivity contribution in [3.05, 3.63) is 68.7 Å². The maximum Gasteiger partial charge on any atom is 0.193 e. The maximum atomic E-state index is 12.7. The lowest BCUT2D eigenvalue weighted by Crippen LogP contribution is -2.04. The van der Waals surface area contributed by atoms with Crippen LogP contribution in [0.4, 0.5) is 0 Å². The third-order valence-electron chi connectivity index (χ3n) is 3.53. The van der Waals surface area contributed by atoms with E-state index in [1.807, 2.05) is 44.2 Å². The minimum Gasteiger partial charge on any atom is -0.289 e. The van der Waals surface area contributed by atoms with Crippen LogP contribution in [-0.2, 0) is 6.42 Å². The average molecular weight is 345 g/mol. The summed E-state index contributed by atoms with van der Waals surface area (Å²) in [6.07, 6.45) is 1.000. The predicted octanol–water partition coefficient (Wildman–Crippen LogP) is 5.50. The quantitative estimate of drug-likeness (QED) is 0.669. The van der Waals surface area contributed by atoms with Crippen LogP contribution in [0.1, 0.15) is 46.5 Å². The average Bonchev–Trinajstić information content (AvgIpc) is 2.43. The van der Waals surface area contributed by atoms with Crippen LogP contribution in [0.5, 0.6) is 0 Å². The summed E-state index contributed by atoms with van der Waals surface area (Å²) in [6, 6.07) is 11.9. The summed E-state index contributed by atoms with van der Waals surface area (Å²) in [4.78, 5) is 12.7. The first-order valence-corrected chi connectivity index (χ1v) is 8.08. The first-order valence-electron chi connectivity index (χ1n) is 7.29. The Balaban J connectivity index is 2.36. The standard InChI is InChI=1S/C19H21BrO/c1-12(2)8-15-6-5-7-16(11-15)19(21)17-9-13(3)18(20)14(4)10-17/h5-7,9-12H,8H2,1-4H3. The molecule has 2 rings (SSSR count). The van der Waals surface area contributed by atoms with Gasteiger partial charge in [-0.15, -0.1) is 0 Å². The smallest absolute Gasteiger partial charge is 0.193 e. The van der Waals surface area contributed by atoms with Gasteiger partial charge in [0.2, 0.25) is 0 Å². The number of carbonyl (C=O) groups excluding carboxylic acids is 1. The van der Waals surface area contributed by atoms with E-state index in [0.29, 0.717) is 5.92 Å². The van der Waals surface area contributed by atoms with E-state index < -0.39 is 0 Å². The van der Waals surface area contributed by atoms with Gasteiger partial charge in [-0.25, -0.2) is 0 Å². The summed E-state index contributed by atoms with van der Waals surface area (Å²) >= 11 is 3.55. The van der Waals surface area contributed by atoms with Crippen molar-refractivity contribution in [2.24, 2.45) is 5.92 Å². The topological polar surface area (TPSA) is 17.1 Å². The molecule has 0 atom stereocenters. The second-order valence-electron chi connectivity index (χ2n) is 6.05. The van der Waals surface area contributed by atoms with Crippen molar-refractivity contribution >= 4 is 21.7 Å². The van der Waals surface area contributed by atoms with Crippen LogP contribution in [0.25, 0.3) is 0 Å². The Bertz CT molecular complexity index is 648. The molecule has 0 aliphatic rings. The highest BCUT2D eigenvalue weighted by molar-refractivity contribution is 9.10. The Hall–Kier alpha value is -1.41. The Morgan fingerprint density at radius 2 is 1.67 bits per heavy atom. The second kappa shape index (κ2) is 6.57. The van der Waals surface area contributed by atoms with Gasteiger partial charge in [0.15, 0.2) is 5.78 Å². The maximum absolute atomic E-state index is 12.7. The van der Waals surface area contributed by atoms with Crippen LogP contribution in [0.3, 0.4) is 0 Å². The number of ketones is 1. The van der Waals surface area contributed by atoms with Crippen molar-refractivity contribution in [3.63, 3.8) is 0 Å². The monoisotopic (exact) mass is 344 g/mol. The fraction of sp³-hybridized carbons (Fsp3) is 0.316. The van der Waals surface area contributed by atoms with Gasteiger partial charge in [-0.2, -0.15) is 0 Å². The lowest BCUT2D eigenvalue weighted by molar-refractivity contribution is 0.103. The van der Waals surface area contributed by atoms with E-state index >= 15 is 0 Å². The third kappa shape index (κ3) is 3.82. The van der Waals surface area contributed by atoms with Crippen LogP contribution in [0.2, 0.25) is 0 Å². The first-order chi connectivity index (χ1) is 9.88. The summed E-state index contributed by atoms with van der Waals surface area (Å²) in [7, 11) is 0. The summed E-state index contributed by atoms with van der Waals surface area (Å²) in [5, 5.41) is 0. The van der Waals surface area contributed by atoms with Gasteiger partial charge in [0.25, 0.3) is 0 Å². The Morgan fingerprint density at radius 3 is 2.24 bits per heavy atom. The third-order valence-corrected chi connectivity index (χ3v) is 4.78. The normalized spacial score (nSPS) is 11.0. The van der Waals surface area contributed by atoms with Crippen LogP contribution in [0.15, 0.2) is 40.9 Å². The summed E-state index contributed by atoms with van der Waals surface area (Å²) in [5.74, 6) is 0.687. The zero-order chi connectivity index (χ0) is 15.6. The van der Waals surface area contributed by atoms with Gasteiger partial charge in [0.05, 0.1) is 0 Å². The largest absolute Gasteiger partial charge is 0.289 e. The lowest BCUT2D eigenvalue weighted by Gasteiger charge is -2.09. The lowest BCUT2D eigenvalue weighted by atomic mass is 9.96. The van der Waals surface area contributed by atoms with Gasteiger partial charge in [0, 0.05) is 15.6 Å². The van der Waals surface area contributed by atoms with E-state index in [4.69, 9.17) is 0 Å². The number of carbonyl (C=O) groups is 1. The van der Waals surface area contributed by atoms with Crippen LogP contribution in [0, 0.1) is 19.8 Å². The molecule has 21 heavy (non-hydrogen) atoms. The SMILES string of the molecule is Cc1cc(C(=O)c2cccc(CC(C)C)c2)cc(C)c1Br. The van der Waals surface area contributed by atoms with Crippen LogP contribution < -0.4 is 0 Å². The molecule has 0 N–H and O–H groups in total. The highest BCUT2D eigenvalue weighted by atomic mass is 79.9. The van der Waals surface area contributed by atoms with E-state index in [9.17, 15) is 4.79 Å². The Morgan fingerprint density at radius 1 is 1.05 bits per heavy atom. The molecule has 0 saturated carbocycles. The van der Waals surface area contributed by atoms with Crippen LogP contribution >= 0.6 is 15.9 Å². The molecule has 0 aliphatic carbocycles. The second-order valence-corrected chi connectivity index (χ2v) is 6.84. The fourth-order valence-electron chi connectivity index (χ4n) is 2.55.